The summed E-state index contributed by atoms with van der Waals surface area (Å²) in [6, 6.07) is 5.18. The molecule has 0 bridgehead atoms. The lowest BCUT2D eigenvalue weighted by atomic mass is 9.72. The smallest absolute Gasteiger partial charge is 0.534 e. The number of amides is 1. The SMILES string of the molecule is CCCC(=O)NC1Cc2cccc(C(=O)OCC(C)C)c2OB1O. The summed E-state index contributed by atoms with van der Waals surface area (Å²) in [4.78, 5) is 24.0. The molecule has 0 saturated carbocycles. The molecule has 1 aliphatic rings. The number of rotatable bonds is 6. The first-order chi connectivity index (χ1) is 11.4. The lowest BCUT2D eigenvalue weighted by Gasteiger charge is -2.29. The van der Waals surface area contributed by atoms with Gasteiger partial charge in [0.1, 0.15) is 11.3 Å². The van der Waals surface area contributed by atoms with Crippen LogP contribution in [0.4, 0.5) is 0 Å². The van der Waals surface area contributed by atoms with Crippen LogP contribution in [0.25, 0.3) is 0 Å². The highest BCUT2D eigenvalue weighted by molar-refractivity contribution is 6.47. The maximum absolute atomic E-state index is 12.2. The zero-order valence-corrected chi connectivity index (χ0v) is 14.4. The van der Waals surface area contributed by atoms with E-state index in [0.29, 0.717) is 30.8 Å². The molecular weight excluding hydrogens is 309 g/mol. The van der Waals surface area contributed by atoms with Crippen molar-refractivity contribution in [1.82, 2.24) is 5.32 Å². The van der Waals surface area contributed by atoms with E-state index in [4.69, 9.17) is 9.39 Å². The highest BCUT2D eigenvalue weighted by Gasteiger charge is 2.37. The topological polar surface area (TPSA) is 84.9 Å². The molecular formula is C17H24BNO5. The fourth-order valence-electron chi connectivity index (χ4n) is 2.53. The highest BCUT2D eigenvalue weighted by Crippen LogP contribution is 2.30. The number of fused-ring (bicyclic) bond motifs is 1. The average molecular weight is 333 g/mol. The second kappa shape index (κ2) is 8.19. The van der Waals surface area contributed by atoms with Crippen LogP contribution in [0, 0.1) is 5.92 Å². The van der Waals surface area contributed by atoms with Gasteiger partial charge >= 0.3 is 13.1 Å². The Labute approximate surface area is 142 Å². The van der Waals surface area contributed by atoms with Gasteiger partial charge in [-0.15, -0.1) is 0 Å². The van der Waals surface area contributed by atoms with Crippen LogP contribution in [0.1, 0.15) is 49.5 Å². The van der Waals surface area contributed by atoms with Crippen molar-refractivity contribution in [3.05, 3.63) is 29.3 Å². The molecule has 1 aromatic carbocycles. The third-order valence-electron chi connectivity index (χ3n) is 3.71. The van der Waals surface area contributed by atoms with Crippen molar-refractivity contribution < 1.29 is 24.0 Å². The maximum Gasteiger partial charge on any atom is 0.547 e. The van der Waals surface area contributed by atoms with Crippen LogP contribution in [0.2, 0.25) is 0 Å². The molecule has 1 amide bonds. The molecule has 0 saturated heterocycles. The molecule has 0 fully saturated rings. The molecule has 7 heteroatoms. The van der Waals surface area contributed by atoms with Gasteiger partial charge in [0.2, 0.25) is 5.91 Å². The Morgan fingerprint density at radius 1 is 1.46 bits per heavy atom. The van der Waals surface area contributed by atoms with Gasteiger partial charge in [-0.25, -0.2) is 4.79 Å². The minimum Gasteiger partial charge on any atom is -0.534 e. The fourth-order valence-corrected chi connectivity index (χ4v) is 2.53. The fraction of sp³-hybridized carbons (Fsp3) is 0.529. The van der Waals surface area contributed by atoms with E-state index in [1.807, 2.05) is 26.8 Å². The largest absolute Gasteiger partial charge is 0.547 e. The molecule has 2 rings (SSSR count). The van der Waals surface area contributed by atoms with E-state index in [1.54, 1.807) is 12.1 Å². The summed E-state index contributed by atoms with van der Waals surface area (Å²) < 4.78 is 10.8. The Hall–Kier alpha value is -2.02. The third-order valence-corrected chi connectivity index (χ3v) is 3.71. The maximum atomic E-state index is 12.2. The summed E-state index contributed by atoms with van der Waals surface area (Å²) in [6.45, 7) is 6.15. The Morgan fingerprint density at radius 3 is 2.88 bits per heavy atom. The lowest BCUT2D eigenvalue weighted by molar-refractivity contribution is -0.121. The number of hydrogen-bond acceptors (Lipinski definition) is 5. The monoisotopic (exact) mass is 333 g/mol. The molecule has 0 spiro atoms. The lowest BCUT2D eigenvalue weighted by Crippen LogP contribution is -2.53. The molecule has 0 aliphatic carbocycles. The Kier molecular flexibility index (Phi) is 6.26. The van der Waals surface area contributed by atoms with Crippen molar-refractivity contribution >= 4 is 19.0 Å². The quantitative estimate of drug-likeness (QED) is 0.612. The standard InChI is InChI=1S/C17H24BNO5/c1-4-6-15(20)19-14-9-12-7-5-8-13(16(12)24-18(14)22)17(21)23-10-11(2)3/h5,7-8,11,14,22H,4,6,9-10H2,1-3H3,(H,19,20). The van der Waals surface area contributed by atoms with Crippen molar-refractivity contribution in [1.29, 1.82) is 0 Å². The van der Waals surface area contributed by atoms with E-state index < -0.39 is 19.0 Å². The van der Waals surface area contributed by atoms with Gasteiger partial charge in [-0.2, -0.15) is 0 Å². The highest BCUT2D eigenvalue weighted by atomic mass is 16.5. The van der Waals surface area contributed by atoms with Gasteiger partial charge in [0, 0.05) is 6.42 Å². The predicted molar refractivity (Wildman–Crippen MR) is 90.7 cm³/mol. The van der Waals surface area contributed by atoms with Gasteiger partial charge < -0.3 is 19.7 Å². The van der Waals surface area contributed by atoms with Crippen LogP contribution in [0.15, 0.2) is 18.2 Å². The third kappa shape index (κ3) is 4.51. The molecule has 0 aromatic heterocycles. The number of esters is 1. The number of hydrogen-bond donors (Lipinski definition) is 2. The van der Waals surface area contributed by atoms with Crippen LogP contribution in [-0.4, -0.2) is 36.6 Å². The van der Waals surface area contributed by atoms with Crippen LogP contribution in [-0.2, 0) is 16.0 Å². The molecule has 1 aliphatic heterocycles. The van der Waals surface area contributed by atoms with Crippen molar-refractivity contribution in [3.63, 3.8) is 0 Å². The molecule has 1 heterocycles. The summed E-state index contributed by atoms with van der Waals surface area (Å²) in [7, 11) is -1.20. The van der Waals surface area contributed by atoms with Crippen LogP contribution >= 0.6 is 0 Å². The minimum atomic E-state index is -1.20. The number of ether oxygens (including phenoxy) is 1. The number of benzene rings is 1. The first kappa shape index (κ1) is 18.3. The molecule has 6 nitrogen and oxygen atoms in total. The Balaban J connectivity index is 2.14. The molecule has 2 N–H and O–H groups in total. The van der Waals surface area contributed by atoms with Gasteiger partial charge in [0.25, 0.3) is 0 Å². The van der Waals surface area contributed by atoms with Gasteiger partial charge in [0.05, 0.1) is 12.5 Å². The summed E-state index contributed by atoms with van der Waals surface area (Å²) in [6.07, 6.45) is 1.53. The molecule has 130 valence electrons. The molecule has 1 unspecified atom stereocenters. The van der Waals surface area contributed by atoms with E-state index >= 15 is 0 Å². The van der Waals surface area contributed by atoms with E-state index in [0.717, 1.165) is 12.0 Å². The molecule has 24 heavy (non-hydrogen) atoms. The summed E-state index contributed by atoms with van der Waals surface area (Å²) in [5.74, 6) is -0.557. The van der Waals surface area contributed by atoms with Gasteiger partial charge in [-0.1, -0.05) is 32.9 Å². The Bertz CT molecular complexity index is 605. The van der Waals surface area contributed by atoms with E-state index in [2.05, 4.69) is 5.32 Å². The van der Waals surface area contributed by atoms with E-state index in [9.17, 15) is 14.6 Å². The van der Waals surface area contributed by atoms with Gasteiger partial charge in [-0.05, 0) is 30.4 Å². The average Bonchev–Trinajstić information content (AvgIpc) is 2.53. The number of carbonyl (C=O) groups is 2. The van der Waals surface area contributed by atoms with Gasteiger partial charge in [0.15, 0.2) is 0 Å². The van der Waals surface area contributed by atoms with Crippen molar-refractivity contribution in [2.24, 2.45) is 5.92 Å². The molecule has 1 atom stereocenters. The number of nitrogens with one attached hydrogen (secondary N) is 1. The zero-order valence-electron chi connectivity index (χ0n) is 14.4. The summed E-state index contributed by atoms with van der Waals surface area (Å²) >= 11 is 0. The molecule has 1 aromatic rings. The predicted octanol–water partition coefficient (Wildman–Crippen LogP) is 1.74. The first-order valence-electron chi connectivity index (χ1n) is 8.35. The van der Waals surface area contributed by atoms with Crippen molar-refractivity contribution in [2.45, 2.75) is 46.0 Å². The second-order valence-corrected chi connectivity index (χ2v) is 6.42. The first-order valence-corrected chi connectivity index (χ1v) is 8.35. The number of para-hydroxylation sites is 1. The van der Waals surface area contributed by atoms with Crippen LogP contribution in [0.3, 0.4) is 0 Å². The summed E-state index contributed by atoms with van der Waals surface area (Å²) in [5, 5.41) is 12.9. The van der Waals surface area contributed by atoms with Gasteiger partial charge in [-0.3, -0.25) is 4.79 Å². The minimum absolute atomic E-state index is 0.124. The van der Waals surface area contributed by atoms with E-state index in [-0.39, 0.29) is 11.8 Å². The Morgan fingerprint density at radius 2 is 2.21 bits per heavy atom. The van der Waals surface area contributed by atoms with Crippen molar-refractivity contribution in [2.75, 3.05) is 6.61 Å². The number of carbonyl (C=O) groups excluding carboxylic acids is 2. The second-order valence-electron chi connectivity index (χ2n) is 6.42. The normalized spacial score (nSPS) is 16.4. The molecule has 0 radical (unpaired) electrons. The van der Waals surface area contributed by atoms with Crippen molar-refractivity contribution in [3.8, 4) is 5.75 Å². The summed E-state index contributed by atoms with van der Waals surface area (Å²) in [5.41, 5.74) is 1.06. The van der Waals surface area contributed by atoms with Crippen LogP contribution in [0.5, 0.6) is 5.75 Å². The van der Waals surface area contributed by atoms with Crippen LogP contribution < -0.4 is 9.97 Å². The van der Waals surface area contributed by atoms with E-state index in [1.165, 1.54) is 0 Å². The zero-order chi connectivity index (χ0) is 17.7.